The molecule has 0 saturated carbocycles. The minimum atomic E-state index is -0.869. The molecule has 1 heterocycles. The molecule has 3 aromatic rings. The van der Waals surface area contributed by atoms with Crippen LogP contribution in [0.4, 0.5) is 4.39 Å². The van der Waals surface area contributed by atoms with Crippen molar-refractivity contribution in [3.63, 3.8) is 0 Å². The topological polar surface area (TPSA) is 43.1 Å². The van der Waals surface area contributed by atoms with E-state index in [1.54, 1.807) is 6.07 Å². The number of quaternary nitrogens is 1. The lowest BCUT2D eigenvalue weighted by atomic mass is 9.64. The number of hydrogen-bond donors (Lipinski definition) is 1. The van der Waals surface area contributed by atoms with Gasteiger partial charge in [0, 0.05) is 17.9 Å². The third kappa shape index (κ3) is 4.69. The molecule has 0 aromatic heterocycles. The van der Waals surface area contributed by atoms with Crippen LogP contribution in [0.1, 0.15) is 29.5 Å². The molecule has 0 aliphatic carbocycles. The van der Waals surface area contributed by atoms with Crippen LogP contribution >= 0.6 is 0 Å². The molecule has 2 N–H and O–H groups in total. The first kappa shape index (κ1) is 22.8. The van der Waals surface area contributed by atoms with Crippen LogP contribution in [-0.4, -0.2) is 37.1 Å². The number of nitrogens with zero attached hydrogens (tertiary/aromatic N) is 1. The third-order valence-corrected chi connectivity index (χ3v) is 6.97. The molecule has 4 heteroatoms. The maximum atomic E-state index is 13.4. The zero-order valence-corrected chi connectivity index (χ0v) is 19.0. The SMILES string of the molecule is C[N@@+]1(CCC#Cc2cccc(F)c2)CCC(C(C(N)=O)(c2ccccc2)c2ccccc2)C1. The second-order valence-electron chi connectivity index (χ2n) is 9.20. The molecule has 1 fully saturated rings. The van der Waals surface area contributed by atoms with E-state index in [9.17, 15) is 9.18 Å². The number of benzene rings is 3. The summed E-state index contributed by atoms with van der Waals surface area (Å²) in [6.45, 7) is 2.67. The number of amides is 1. The number of halogens is 1. The van der Waals surface area contributed by atoms with Crippen LogP contribution in [0, 0.1) is 23.6 Å². The van der Waals surface area contributed by atoms with Crippen molar-refractivity contribution in [1.82, 2.24) is 0 Å². The maximum Gasteiger partial charge on any atom is 0.233 e. The monoisotopic (exact) mass is 441 g/mol. The summed E-state index contributed by atoms with van der Waals surface area (Å²) in [4.78, 5) is 13.2. The number of likely N-dealkylation sites (tertiary alicyclic amines) is 1. The van der Waals surface area contributed by atoms with Gasteiger partial charge in [-0.2, -0.15) is 0 Å². The van der Waals surface area contributed by atoms with E-state index in [0.717, 1.165) is 41.7 Å². The number of primary amides is 1. The lowest BCUT2D eigenvalue weighted by molar-refractivity contribution is -0.898. The average molecular weight is 442 g/mol. The standard InChI is InChI=1S/C29H29FN2O/c1-32(19-9-8-11-23-12-10-17-27(30)21-23)20-18-26(22-32)29(28(31)33,24-13-4-2-5-14-24)25-15-6-3-7-16-25/h2-7,10,12-17,21,26H,9,18-20,22H2,1H3,(H-,31,33)/p+1/t26?,32-/m1/s1. The second kappa shape index (κ2) is 9.60. The Kier molecular flexibility index (Phi) is 6.62. The average Bonchev–Trinajstić information content (AvgIpc) is 3.21. The first-order chi connectivity index (χ1) is 15.9. The maximum absolute atomic E-state index is 13.4. The molecule has 3 nitrogen and oxygen atoms in total. The quantitative estimate of drug-likeness (QED) is 0.444. The molecule has 33 heavy (non-hydrogen) atoms. The summed E-state index contributed by atoms with van der Waals surface area (Å²) in [6.07, 6.45) is 1.61. The molecular formula is C29H30FN2O+. The van der Waals surface area contributed by atoms with E-state index in [4.69, 9.17) is 5.73 Å². The third-order valence-electron chi connectivity index (χ3n) is 6.97. The van der Waals surface area contributed by atoms with Crippen LogP contribution < -0.4 is 5.73 Å². The fourth-order valence-corrected chi connectivity index (χ4v) is 5.32. The second-order valence-corrected chi connectivity index (χ2v) is 9.20. The van der Waals surface area contributed by atoms with Gasteiger partial charge in [-0.3, -0.25) is 4.79 Å². The van der Waals surface area contributed by atoms with E-state index in [-0.39, 0.29) is 17.6 Å². The Balaban J connectivity index is 1.58. The van der Waals surface area contributed by atoms with E-state index in [1.807, 2.05) is 66.7 Å². The molecule has 1 aliphatic heterocycles. The summed E-state index contributed by atoms with van der Waals surface area (Å²) in [5, 5.41) is 0. The van der Waals surface area contributed by atoms with Crippen LogP contribution in [0.3, 0.4) is 0 Å². The van der Waals surface area contributed by atoms with Crippen molar-refractivity contribution in [3.05, 3.63) is 107 Å². The molecule has 0 spiro atoms. The van der Waals surface area contributed by atoms with Crippen molar-refractivity contribution >= 4 is 5.91 Å². The van der Waals surface area contributed by atoms with Gasteiger partial charge in [-0.05, 0) is 29.3 Å². The van der Waals surface area contributed by atoms with Gasteiger partial charge in [0.25, 0.3) is 0 Å². The summed E-state index contributed by atoms with van der Waals surface area (Å²) in [5.74, 6) is 5.77. The smallest absolute Gasteiger partial charge is 0.233 e. The molecule has 2 atom stereocenters. The summed E-state index contributed by atoms with van der Waals surface area (Å²) >= 11 is 0. The number of hydrogen-bond acceptors (Lipinski definition) is 1. The summed E-state index contributed by atoms with van der Waals surface area (Å²) < 4.78 is 14.2. The molecular weight excluding hydrogens is 411 g/mol. The van der Waals surface area contributed by atoms with Gasteiger partial charge in [0.1, 0.15) is 11.2 Å². The number of carbonyl (C=O) groups excluding carboxylic acids is 1. The van der Waals surface area contributed by atoms with Crippen LogP contribution in [-0.2, 0) is 10.2 Å². The minimum Gasteiger partial charge on any atom is -0.369 e. The first-order valence-corrected chi connectivity index (χ1v) is 11.4. The highest BCUT2D eigenvalue weighted by Crippen LogP contribution is 2.45. The first-order valence-electron chi connectivity index (χ1n) is 11.4. The van der Waals surface area contributed by atoms with Gasteiger partial charge < -0.3 is 10.2 Å². The van der Waals surface area contributed by atoms with E-state index >= 15 is 0 Å². The Bertz CT molecular complexity index is 1130. The summed E-state index contributed by atoms with van der Waals surface area (Å²) in [6, 6.07) is 26.3. The highest BCUT2D eigenvalue weighted by atomic mass is 19.1. The molecule has 1 saturated heterocycles. The van der Waals surface area contributed by atoms with E-state index in [1.165, 1.54) is 12.1 Å². The molecule has 168 valence electrons. The van der Waals surface area contributed by atoms with Crippen molar-refractivity contribution in [1.29, 1.82) is 0 Å². The molecule has 0 radical (unpaired) electrons. The lowest BCUT2D eigenvalue weighted by Crippen LogP contribution is -2.51. The van der Waals surface area contributed by atoms with Crippen LogP contribution in [0.2, 0.25) is 0 Å². The van der Waals surface area contributed by atoms with E-state index < -0.39 is 5.41 Å². The number of nitrogens with two attached hydrogens (primary N) is 1. The van der Waals surface area contributed by atoms with Gasteiger partial charge in [-0.25, -0.2) is 4.39 Å². The van der Waals surface area contributed by atoms with Crippen molar-refractivity contribution in [2.75, 3.05) is 26.7 Å². The van der Waals surface area contributed by atoms with Crippen LogP contribution in [0.5, 0.6) is 0 Å². The normalized spacial score (nSPS) is 20.1. The molecule has 1 aliphatic rings. The van der Waals surface area contributed by atoms with E-state index in [0.29, 0.717) is 12.0 Å². The molecule has 1 amide bonds. The number of carbonyl (C=O) groups is 1. The Labute approximate surface area is 195 Å². The highest BCUT2D eigenvalue weighted by Gasteiger charge is 2.53. The minimum absolute atomic E-state index is 0.0842. The van der Waals surface area contributed by atoms with Crippen molar-refractivity contribution in [2.24, 2.45) is 11.7 Å². The predicted octanol–water partition coefficient (Wildman–Crippen LogP) is 4.51. The van der Waals surface area contributed by atoms with Gasteiger partial charge in [0.2, 0.25) is 5.91 Å². The highest BCUT2D eigenvalue weighted by molar-refractivity contribution is 5.91. The zero-order chi connectivity index (χ0) is 23.3. The summed E-state index contributed by atoms with van der Waals surface area (Å²) in [5.41, 5.74) is 7.93. The van der Waals surface area contributed by atoms with Gasteiger partial charge in [0.05, 0.1) is 33.1 Å². The molecule has 1 unspecified atom stereocenters. The summed E-state index contributed by atoms with van der Waals surface area (Å²) in [7, 11) is 2.23. The Morgan fingerprint density at radius 1 is 1.03 bits per heavy atom. The van der Waals surface area contributed by atoms with Crippen LogP contribution in [0.15, 0.2) is 84.9 Å². The van der Waals surface area contributed by atoms with Crippen LogP contribution in [0.25, 0.3) is 0 Å². The van der Waals surface area contributed by atoms with Gasteiger partial charge in [0.15, 0.2) is 0 Å². The number of rotatable bonds is 6. The Morgan fingerprint density at radius 3 is 2.24 bits per heavy atom. The largest absolute Gasteiger partial charge is 0.369 e. The van der Waals surface area contributed by atoms with Crippen molar-refractivity contribution < 1.29 is 13.7 Å². The fraction of sp³-hybridized carbons (Fsp3) is 0.276. The van der Waals surface area contributed by atoms with Crippen molar-refractivity contribution in [2.45, 2.75) is 18.3 Å². The Hall–Kier alpha value is -3.42. The molecule has 0 bridgehead atoms. The Morgan fingerprint density at radius 2 is 1.67 bits per heavy atom. The van der Waals surface area contributed by atoms with Gasteiger partial charge in [-0.15, -0.1) is 0 Å². The molecule has 4 rings (SSSR count). The zero-order valence-electron chi connectivity index (χ0n) is 19.0. The van der Waals surface area contributed by atoms with Gasteiger partial charge in [-0.1, -0.05) is 78.6 Å². The lowest BCUT2D eigenvalue weighted by Gasteiger charge is -2.38. The molecule has 3 aromatic carbocycles. The van der Waals surface area contributed by atoms with Crippen molar-refractivity contribution in [3.8, 4) is 11.8 Å². The predicted molar refractivity (Wildman–Crippen MR) is 130 cm³/mol. The van der Waals surface area contributed by atoms with Gasteiger partial charge >= 0.3 is 0 Å². The fourth-order valence-electron chi connectivity index (χ4n) is 5.32. The van der Waals surface area contributed by atoms with E-state index in [2.05, 4.69) is 18.9 Å².